The standard InChI is InChI=1S/C12H18BFO3/c1-2-3-4-5-8-17-12-9-10(14)6-7-11(12)13(15)16/h6-7,9,15-16H,2-5,8H2,1H3. The molecule has 0 aliphatic rings. The molecule has 0 amide bonds. The van der Waals surface area contributed by atoms with Gasteiger partial charge in [0.25, 0.3) is 0 Å². The fraction of sp³-hybridized carbons (Fsp3) is 0.500. The van der Waals surface area contributed by atoms with Crippen LogP contribution in [0.5, 0.6) is 5.75 Å². The highest BCUT2D eigenvalue weighted by atomic mass is 19.1. The van der Waals surface area contributed by atoms with Gasteiger partial charge in [-0.2, -0.15) is 0 Å². The maximum Gasteiger partial charge on any atom is 0.492 e. The predicted octanol–water partition coefficient (Wildman–Crippen LogP) is 1.46. The molecule has 0 saturated carbocycles. The number of rotatable bonds is 7. The Balaban J connectivity index is 2.53. The Kier molecular flexibility index (Phi) is 6.01. The number of hydrogen-bond donors (Lipinski definition) is 2. The van der Waals surface area contributed by atoms with Crippen molar-refractivity contribution in [1.29, 1.82) is 0 Å². The van der Waals surface area contributed by atoms with Crippen LogP contribution in [-0.2, 0) is 0 Å². The molecule has 0 fully saturated rings. The molecule has 0 atom stereocenters. The van der Waals surface area contributed by atoms with Crippen LogP contribution in [0.2, 0.25) is 0 Å². The highest BCUT2D eigenvalue weighted by Crippen LogP contribution is 2.11. The number of ether oxygens (including phenoxy) is 1. The second-order valence-electron chi connectivity index (χ2n) is 3.96. The molecule has 1 rings (SSSR count). The number of halogens is 1. The van der Waals surface area contributed by atoms with E-state index >= 15 is 0 Å². The zero-order valence-corrected chi connectivity index (χ0v) is 10.0. The summed E-state index contributed by atoms with van der Waals surface area (Å²) < 4.78 is 18.4. The third-order valence-corrected chi connectivity index (χ3v) is 2.51. The molecule has 5 heteroatoms. The smallest absolute Gasteiger partial charge is 0.492 e. The largest absolute Gasteiger partial charge is 0.494 e. The zero-order valence-electron chi connectivity index (χ0n) is 10.0. The summed E-state index contributed by atoms with van der Waals surface area (Å²) in [6.07, 6.45) is 4.22. The van der Waals surface area contributed by atoms with Gasteiger partial charge >= 0.3 is 7.12 Å². The molecule has 0 unspecified atom stereocenters. The molecule has 1 aromatic carbocycles. The summed E-state index contributed by atoms with van der Waals surface area (Å²) in [5, 5.41) is 18.2. The van der Waals surface area contributed by atoms with Gasteiger partial charge in [0.1, 0.15) is 11.6 Å². The van der Waals surface area contributed by atoms with Gasteiger partial charge in [0.15, 0.2) is 0 Å². The van der Waals surface area contributed by atoms with E-state index in [0.29, 0.717) is 6.61 Å². The molecule has 0 aromatic heterocycles. The Hall–Kier alpha value is -1.07. The molecule has 0 bridgehead atoms. The summed E-state index contributed by atoms with van der Waals surface area (Å²) in [6, 6.07) is 3.68. The molecule has 0 spiro atoms. The summed E-state index contributed by atoms with van der Waals surface area (Å²) in [5.74, 6) is -0.241. The normalized spacial score (nSPS) is 10.4. The van der Waals surface area contributed by atoms with E-state index in [4.69, 9.17) is 14.8 Å². The number of hydrogen-bond acceptors (Lipinski definition) is 3. The first-order valence-electron chi connectivity index (χ1n) is 5.93. The van der Waals surface area contributed by atoms with E-state index in [1.165, 1.54) is 18.2 Å². The molecule has 3 nitrogen and oxygen atoms in total. The fourth-order valence-electron chi connectivity index (χ4n) is 1.56. The van der Waals surface area contributed by atoms with Gasteiger partial charge in [0, 0.05) is 11.5 Å². The predicted molar refractivity (Wildman–Crippen MR) is 65.9 cm³/mol. The Morgan fingerprint density at radius 1 is 1.24 bits per heavy atom. The van der Waals surface area contributed by atoms with E-state index in [0.717, 1.165) is 25.7 Å². The maximum absolute atomic E-state index is 13.0. The Bertz CT molecular complexity index is 345. The van der Waals surface area contributed by atoms with Crippen LogP contribution in [0.4, 0.5) is 4.39 Å². The molecule has 0 aliphatic carbocycles. The second-order valence-corrected chi connectivity index (χ2v) is 3.96. The lowest BCUT2D eigenvalue weighted by Crippen LogP contribution is -2.31. The average Bonchev–Trinajstić information content (AvgIpc) is 2.28. The summed E-state index contributed by atoms with van der Waals surface area (Å²) in [5.41, 5.74) is 0.196. The van der Waals surface area contributed by atoms with Crippen molar-refractivity contribution >= 4 is 12.6 Å². The molecule has 0 saturated heterocycles. The van der Waals surface area contributed by atoms with Crippen molar-refractivity contribution in [1.82, 2.24) is 0 Å². The molecule has 94 valence electrons. The quantitative estimate of drug-likeness (QED) is 0.560. The molecule has 0 heterocycles. The maximum atomic E-state index is 13.0. The summed E-state index contributed by atoms with van der Waals surface area (Å²) >= 11 is 0. The zero-order chi connectivity index (χ0) is 12.7. The Morgan fingerprint density at radius 3 is 2.65 bits per heavy atom. The van der Waals surface area contributed by atoms with Crippen molar-refractivity contribution in [2.45, 2.75) is 32.6 Å². The number of benzene rings is 1. The fourth-order valence-corrected chi connectivity index (χ4v) is 1.56. The highest BCUT2D eigenvalue weighted by molar-refractivity contribution is 6.59. The van der Waals surface area contributed by atoms with Crippen molar-refractivity contribution in [2.24, 2.45) is 0 Å². The molecular weight excluding hydrogens is 222 g/mol. The van der Waals surface area contributed by atoms with Crippen LogP contribution in [0.15, 0.2) is 18.2 Å². The first kappa shape index (κ1) is 14.0. The lowest BCUT2D eigenvalue weighted by molar-refractivity contribution is 0.304. The van der Waals surface area contributed by atoms with Gasteiger partial charge in [0.2, 0.25) is 0 Å². The van der Waals surface area contributed by atoms with Crippen LogP contribution in [0.25, 0.3) is 0 Å². The molecule has 2 N–H and O–H groups in total. The van der Waals surface area contributed by atoms with Crippen molar-refractivity contribution in [2.75, 3.05) is 6.61 Å². The van der Waals surface area contributed by atoms with E-state index in [9.17, 15) is 4.39 Å². The van der Waals surface area contributed by atoms with Crippen molar-refractivity contribution in [3.05, 3.63) is 24.0 Å². The second kappa shape index (κ2) is 7.30. The van der Waals surface area contributed by atoms with Crippen molar-refractivity contribution in [3.8, 4) is 5.75 Å². The third kappa shape index (κ3) is 4.75. The van der Waals surface area contributed by atoms with E-state index in [2.05, 4.69) is 6.92 Å². The van der Waals surface area contributed by atoms with Crippen LogP contribution < -0.4 is 10.2 Å². The van der Waals surface area contributed by atoms with Crippen molar-refractivity contribution in [3.63, 3.8) is 0 Å². The van der Waals surface area contributed by atoms with Crippen LogP contribution >= 0.6 is 0 Å². The first-order valence-corrected chi connectivity index (χ1v) is 5.93. The minimum absolute atomic E-state index is 0.196. The van der Waals surface area contributed by atoms with E-state index in [1.54, 1.807) is 0 Å². The molecule has 0 radical (unpaired) electrons. The lowest BCUT2D eigenvalue weighted by atomic mass is 9.79. The number of unbranched alkanes of at least 4 members (excludes halogenated alkanes) is 3. The monoisotopic (exact) mass is 240 g/mol. The first-order chi connectivity index (χ1) is 8.15. The SMILES string of the molecule is CCCCCCOc1cc(F)ccc1B(O)O. The van der Waals surface area contributed by atoms with Crippen molar-refractivity contribution < 1.29 is 19.2 Å². The van der Waals surface area contributed by atoms with Gasteiger partial charge in [0.05, 0.1) is 6.61 Å². The van der Waals surface area contributed by atoms with Crippen LogP contribution in [0, 0.1) is 5.82 Å². The van der Waals surface area contributed by atoms with Gasteiger partial charge in [-0.05, 0) is 12.5 Å². The van der Waals surface area contributed by atoms with Crippen LogP contribution in [-0.4, -0.2) is 23.8 Å². The van der Waals surface area contributed by atoms with Crippen LogP contribution in [0.3, 0.4) is 0 Å². The summed E-state index contributed by atoms with van der Waals surface area (Å²) in [4.78, 5) is 0. The van der Waals surface area contributed by atoms with E-state index in [1.807, 2.05) is 0 Å². The molecule has 17 heavy (non-hydrogen) atoms. The van der Waals surface area contributed by atoms with E-state index in [-0.39, 0.29) is 11.2 Å². The van der Waals surface area contributed by atoms with Gasteiger partial charge in [-0.3, -0.25) is 0 Å². The molecular formula is C12H18BFO3. The van der Waals surface area contributed by atoms with Crippen LogP contribution in [0.1, 0.15) is 32.6 Å². The van der Waals surface area contributed by atoms with Gasteiger partial charge < -0.3 is 14.8 Å². The Morgan fingerprint density at radius 2 is 2.00 bits per heavy atom. The minimum Gasteiger partial charge on any atom is -0.494 e. The molecule has 0 aliphatic heterocycles. The minimum atomic E-state index is -1.64. The highest BCUT2D eigenvalue weighted by Gasteiger charge is 2.17. The third-order valence-electron chi connectivity index (χ3n) is 2.51. The van der Waals surface area contributed by atoms with E-state index < -0.39 is 12.9 Å². The Labute approximate surface area is 101 Å². The molecule has 1 aromatic rings. The van der Waals surface area contributed by atoms with Gasteiger partial charge in [-0.1, -0.05) is 32.3 Å². The average molecular weight is 240 g/mol. The summed E-state index contributed by atoms with van der Waals surface area (Å²) in [6.45, 7) is 2.58. The van der Waals surface area contributed by atoms with Gasteiger partial charge in [-0.15, -0.1) is 0 Å². The summed E-state index contributed by atoms with van der Waals surface area (Å²) in [7, 11) is -1.64. The van der Waals surface area contributed by atoms with Gasteiger partial charge in [-0.25, -0.2) is 4.39 Å². The topological polar surface area (TPSA) is 49.7 Å². The lowest BCUT2D eigenvalue weighted by Gasteiger charge is -2.11.